The Balaban J connectivity index is 2.73. The largest absolute Gasteiger partial charge is 0.497 e. The lowest BCUT2D eigenvalue weighted by Gasteiger charge is -2.24. The molecule has 0 radical (unpaired) electrons. The number of rotatable bonds is 9. The summed E-state index contributed by atoms with van der Waals surface area (Å²) in [4.78, 5) is 23.1. The molecule has 1 aromatic carbocycles. The molecule has 0 aliphatic heterocycles. The van der Waals surface area contributed by atoms with E-state index in [0.29, 0.717) is 25.3 Å². The van der Waals surface area contributed by atoms with Crippen molar-refractivity contribution in [1.82, 2.24) is 0 Å². The van der Waals surface area contributed by atoms with E-state index in [-0.39, 0.29) is 12.8 Å². The standard InChI is InChI=1S/C14H19NO5/c1-20-12-5-2-4-11(10-12)15(9-7-14(18)19)8-3-6-13(16)17/h2,4-5,10H,3,6-9H2,1H3,(H,16,17)(H,18,19). The molecule has 0 saturated heterocycles. The third-order valence-corrected chi connectivity index (χ3v) is 2.83. The van der Waals surface area contributed by atoms with Crippen LogP contribution >= 0.6 is 0 Å². The zero-order valence-corrected chi connectivity index (χ0v) is 11.4. The molecule has 0 bridgehead atoms. The van der Waals surface area contributed by atoms with Crippen molar-refractivity contribution < 1.29 is 24.5 Å². The minimum absolute atomic E-state index is 0.00425. The van der Waals surface area contributed by atoms with Crippen LogP contribution in [0.4, 0.5) is 5.69 Å². The molecule has 1 aromatic rings. The Morgan fingerprint density at radius 2 is 1.85 bits per heavy atom. The molecule has 0 heterocycles. The van der Waals surface area contributed by atoms with Crippen LogP contribution in [-0.4, -0.2) is 42.4 Å². The summed E-state index contributed by atoms with van der Waals surface area (Å²) in [6.07, 6.45) is 0.532. The normalized spacial score (nSPS) is 10.1. The van der Waals surface area contributed by atoms with Gasteiger partial charge >= 0.3 is 11.9 Å². The minimum atomic E-state index is -0.879. The van der Waals surface area contributed by atoms with E-state index in [0.717, 1.165) is 5.69 Å². The van der Waals surface area contributed by atoms with Crippen LogP contribution in [0.2, 0.25) is 0 Å². The van der Waals surface area contributed by atoms with Crippen LogP contribution < -0.4 is 9.64 Å². The summed E-state index contributed by atoms with van der Waals surface area (Å²) in [6.45, 7) is 0.828. The van der Waals surface area contributed by atoms with Gasteiger partial charge in [-0.05, 0) is 18.6 Å². The molecular weight excluding hydrogens is 262 g/mol. The molecule has 20 heavy (non-hydrogen) atoms. The van der Waals surface area contributed by atoms with Crippen molar-refractivity contribution in [2.75, 3.05) is 25.1 Å². The average Bonchev–Trinajstić information content (AvgIpc) is 2.42. The fraction of sp³-hybridized carbons (Fsp3) is 0.429. The third kappa shape index (κ3) is 5.60. The quantitative estimate of drug-likeness (QED) is 0.718. The summed E-state index contributed by atoms with van der Waals surface area (Å²) >= 11 is 0. The van der Waals surface area contributed by atoms with Crippen LogP contribution in [0.5, 0.6) is 5.75 Å². The summed E-state index contributed by atoms with van der Waals surface area (Å²) in [7, 11) is 1.56. The summed E-state index contributed by atoms with van der Waals surface area (Å²) in [6, 6.07) is 7.28. The van der Waals surface area contributed by atoms with Gasteiger partial charge in [-0.3, -0.25) is 9.59 Å². The van der Waals surface area contributed by atoms with Gasteiger partial charge in [0.2, 0.25) is 0 Å². The first-order chi connectivity index (χ1) is 9.52. The molecule has 1 rings (SSSR count). The van der Waals surface area contributed by atoms with E-state index in [9.17, 15) is 9.59 Å². The van der Waals surface area contributed by atoms with E-state index >= 15 is 0 Å². The van der Waals surface area contributed by atoms with Gasteiger partial charge in [0.15, 0.2) is 0 Å². The summed E-state index contributed by atoms with van der Waals surface area (Å²) < 4.78 is 5.14. The van der Waals surface area contributed by atoms with Crippen molar-refractivity contribution >= 4 is 17.6 Å². The highest BCUT2D eigenvalue weighted by Crippen LogP contribution is 2.21. The van der Waals surface area contributed by atoms with Gasteiger partial charge in [0.05, 0.1) is 13.5 Å². The molecule has 0 atom stereocenters. The second-order valence-corrected chi connectivity index (χ2v) is 4.33. The summed E-state index contributed by atoms with van der Waals surface area (Å²) in [5.41, 5.74) is 0.830. The number of aliphatic carboxylic acids is 2. The fourth-order valence-electron chi connectivity index (χ4n) is 1.83. The van der Waals surface area contributed by atoms with Crippen molar-refractivity contribution in [3.63, 3.8) is 0 Å². The molecular formula is C14H19NO5. The Morgan fingerprint density at radius 3 is 2.45 bits per heavy atom. The summed E-state index contributed by atoms with van der Waals surface area (Å²) in [5.74, 6) is -1.05. The van der Waals surface area contributed by atoms with Gasteiger partial charge in [-0.15, -0.1) is 0 Å². The number of hydrogen-bond acceptors (Lipinski definition) is 4. The maximum atomic E-state index is 10.7. The van der Waals surface area contributed by atoms with Crippen molar-refractivity contribution in [3.05, 3.63) is 24.3 Å². The van der Waals surface area contributed by atoms with Gasteiger partial charge in [-0.1, -0.05) is 6.07 Å². The summed E-state index contributed by atoms with van der Waals surface area (Å²) in [5, 5.41) is 17.4. The van der Waals surface area contributed by atoms with E-state index in [2.05, 4.69) is 0 Å². The highest BCUT2D eigenvalue weighted by molar-refractivity contribution is 5.68. The van der Waals surface area contributed by atoms with Gasteiger partial charge in [-0.2, -0.15) is 0 Å². The number of carbonyl (C=O) groups is 2. The van der Waals surface area contributed by atoms with Gasteiger partial charge < -0.3 is 19.8 Å². The van der Waals surface area contributed by atoms with Gasteiger partial charge in [-0.25, -0.2) is 0 Å². The zero-order chi connectivity index (χ0) is 15.0. The zero-order valence-electron chi connectivity index (χ0n) is 11.4. The lowest BCUT2D eigenvalue weighted by molar-refractivity contribution is -0.138. The van der Waals surface area contributed by atoms with E-state index in [1.54, 1.807) is 13.2 Å². The van der Waals surface area contributed by atoms with E-state index < -0.39 is 11.9 Å². The Morgan fingerprint density at radius 1 is 1.15 bits per heavy atom. The van der Waals surface area contributed by atoms with Gasteiger partial charge in [0.25, 0.3) is 0 Å². The fourth-order valence-corrected chi connectivity index (χ4v) is 1.83. The van der Waals surface area contributed by atoms with E-state index in [1.807, 2.05) is 23.1 Å². The minimum Gasteiger partial charge on any atom is -0.497 e. The maximum Gasteiger partial charge on any atom is 0.305 e. The van der Waals surface area contributed by atoms with E-state index in [1.165, 1.54) is 0 Å². The molecule has 0 spiro atoms. The Bertz CT molecular complexity index is 461. The molecule has 2 N–H and O–H groups in total. The van der Waals surface area contributed by atoms with Gasteiger partial charge in [0.1, 0.15) is 5.75 Å². The van der Waals surface area contributed by atoms with Crippen molar-refractivity contribution in [2.24, 2.45) is 0 Å². The number of ether oxygens (including phenoxy) is 1. The number of hydrogen-bond donors (Lipinski definition) is 2. The molecule has 0 aromatic heterocycles. The second-order valence-electron chi connectivity index (χ2n) is 4.33. The maximum absolute atomic E-state index is 10.7. The van der Waals surface area contributed by atoms with Crippen LogP contribution in [-0.2, 0) is 9.59 Å². The number of benzene rings is 1. The molecule has 0 aliphatic rings. The number of methoxy groups -OCH3 is 1. The highest BCUT2D eigenvalue weighted by Gasteiger charge is 2.10. The van der Waals surface area contributed by atoms with E-state index in [4.69, 9.17) is 14.9 Å². The second kappa shape index (κ2) is 8.04. The Hall–Kier alpha value is -2.24. The molecule has 0 fully saturated rings. The molecule has 0 aliphatic carbocycles. The predicted molar refractivity (Wildman–Crippen MR) is 74.3 cm³/mol. The molecule has 0 saturated carbocycles. The average molecular weight is 281 g/mol. The lowest BCUT2D eigenvalue weighted by atomic mass is 10.2. The highest BCUT2D eigenvalue weighted by atomic mass is 16.5. The first-order valence-corrected chi connectivity index (χ1v) is 6.35. The van der Waals surface area contributed by atoms with Crippen molar-refractivity contribution in [3.8, 4) is 5.75 Å². The van der Waals surface area contributed by atoms with Crippen molar-refractivity contribution in [2.45, 2.75) is 19.3 Å². The molecule has 6 nitrogen and oxygen atoms in total. The molecule has 0 amide bonds. The molecule has 6 heteroatoms. The first kappa shape index (κ1) is 15.8. The van der Waals surface area contributed by atoms with Crippen LogP contribution in [0.3, 0.4) is 0 Å². The van der Waals surface area contributed by atoms with Crippen LogP contribution in [0.25, 0.3) is 0 Å². The smallest absolute Gasteiger partial charge is 0.305 e. The van der Waals surface area contributed by atoms with Crippen molar-refractivity contribution in [1.29, 1.82) is 0 Å². The SMILES string of the molecule is COc1cccc(N(CCCC(=O)O)CCC(=O)O)c1. The first-order valence-electron chi connectivity index (χ1n) is 6.35. The predicted octanol–water partition coefficient (Wildman–Crippen LogP) is 1.84. The number of carboxylic acid groups (broad SMARTS) is 2. The number of anilines is 1. The van der Waals surface area contributed by atoms with Crippen LogP contribution in [0.15, 0.2) is 24.3 Å². The Labute approximate surface area is 117 Å². The molecule has 0 unspecified atom stereocenters. The topological polar surface area (TPSA) is 87.1 Å². The number of nitrogens with zero attached hydrogens (tertiary/aromatic N) is 1. The lowest BCUT2D eigenvalue weighted by Crippen LogP contribution is -2.27. The third-order valence-electron chi connectivity index (χ3n) is 2.83. The Kier molecular flexibility index (Phi) is 6.36. The van der Waals surface area contributed by atoms with Crippen LogP contribution in [0, 0.1) is 0 Å². The van der Waals surface area contributed by atoms with Gasteiger partial charge in [0, 0.05) is 31.3 Å². The van der Waals surface area contributed by atoms with Crippen LogP contribution in [0.1, 0.15) is 19.3 Å². The number of carboxylic acids is 2. The monoisotopic (exact) mass is 281 g/mol. The molecule has 110 valence electrons.